The van der Waals surface area contributed by atoms with Gasteiger partial charge in [0.1, 0.15) is 0 Å². The Morgan fingerprint density at radius 3 is 2.59 bits per heavy atom. The van der Waals surface area contributed by atoms with Crippen molar-refractivity contribution in [3.8, 4) is 0 Å². The number of hydrogen-bond donors (Lipinski definition) is 1. The topological polar surface area (TPSA) is 49.4 Å². The summed E-state index contributed by atoms with van der Waals surface area (Å²) < 4.78 is 0. The Morgan fingerprint density at radius 1 is 1.18 bits per heavy atom. The van der Waals surface area contributed by atoms with Crippen molar-refractivity contribution in [3.05, 3.63) is 0 Å². The Kier molecular flexibility index (Phi) is 7.06. The normalized spacial score (nSPS) is 24.8. The van der Waals surface area contributed by atoms with Gasteiger partial charge in [-0.2, -0.15) is 11.8 Å². The molecule has 5 heteroatoms. The summed E-state index contributed by atoms with van der Waals surface area (Å²) in [6, 6.07) is 0.365. The second-order valence-electron chi connectivity index (χ2n) is 6.77. The highest BCUT2D eigenvalue weighted by atomic mass is 32.2. The number of nitrogens with zero attached hydrogens (tertiary/aromatic N) is 1. The van der Waals surface area contributed by atoms with Gasteiger partial charge in [0, 0.05) is 30.8 Å². The summed E-state index contributed by atoms with van der Waals surface area (Å²) in [6.07, 6.45) is 10.5. The van der Waals surface area contributed by atoms with E-state index in [2.05, 4.69) is 12.2 Å². The van der Waals surface area contributed by atoms with E-state index in [0.717, 1.165) is 32.2 Å². The molecule has 1 aliphatic carbocycles. The van der Waals surface area contributed by atoms with Crippen LogP contribution in [0.2, 0.25) is 0 Å². The first kappa shape index (κ1) is 17.6. The number of hydrogen-bond acceptors (Lipinski definition) is 3. The van der Waals surface area contributed by atoms with Gasteiger partial charge >= 0.3 is 0 Å². The van der Waals surface area contributed by atoms with Crippen LogP contribution in [0, 0.1) is 5.92 Å². The molecule has 2 rings (SSSR count). The minimum Gasteiger partial charge on any atom is -0.353 e. The van der Waals surface area contributed by atoms with E-state index in [9.17, 15) is 9.59 Å². The maximum atomic E-state index is 12.5. The number of likely N-dealkylation sites (tertiary alicyclic amines) is 1. The smallest absolute Gasteiger partial charge is 0.225 e. The monoisotopic (exact) mass is 326 g/mol. The van der Waals surface area contributed by atoms with Crippen molar-refractivity contribution >= 4 is 23.6 Å². The lowest BCUT2D eigenvalue weighted by molar-refractivity contribution is -0.135. The molecule has 4 nitrogen and oxygen atoms in total. The zero-order chi connectivity index (χ0) is 15.9. The Bertz CT molecular complexity index is 383. The van der Waals surface area contributed by atoms with Crippen molar-refractivity contribution in [2.75, 3.05) is 19.3 Å². The van der Waals surface area contributed by atoms with Crippen LogP contribution in [0.25, 0.3) is 0 Å². The number of carbonyl (C=O) groups is 2. The molecule has 1 N–H and O–H groups in total. The number of nitrogens with one attached hydrogen (secondary N) is 1. The molecule has 0 radical (unpaired) electrons. The number of thioether (sulfide) groups is 1. The summed E-state index contributed by atoms with van der Waals surface area (Å²) >= 11 is 1.72. The van der Waals surface area contributed by atoms with E-state index in [4.69, 9.17) is 0 Å². The second-order valence-corrected chi connectivity index (χ2v) is 8.05. The first-order valence-electron chi connectivity index (χ1n) is 8.71. The molecule has 2 fully saturated rings. The minimum atomic E-state index is -0.00999. The van der Waals surface area contributed by atoms with Gasteiger partial charge in [0.25, 0.3) is 0 Å². The summed E-state index contributed by atoms with van der Waals surface area (Å²) in [4.78, 5) is 26.7. The van der Waals surface area contributed by atoms with Gasteiger partial charge in [-0.15, -0.1) is 0 Å². The standard InChI is InChI=1S/C17H30N2O2S/c1-13(22-2)11-16(20)19-10-6-7-14(12-19)17(21)18-15-8-4-3-5-9-15/h13-15H,3-12H2,1-2H3,(H,18,21)/t13-,14-/m1/s1. The van der Waals surface area contributed by atoms with Crippen molar-refractivity contribution in [1.29, 1.82) is 0 Å². The van der Waals surface area contributed by atoms with Crippen molar-refractivity contribution in [2.24, 2.45) is 5.92 Å². The Labute approximate surface area is 138 Å². The molecule has 2 amide bonds. The fraction of sp³-hybridized carbons (Fsp3) is 0.882. The Hall–Kier alpha value is -0.710. The van der Waals surface area contributed by atoms with Gasteiger partial charge in [0.15, 0.2) is 0 Å². The van der Waals surface area contributed by atoms with Crippen LogP contribution in [0.3, 0.4) is 0 Å². The Morgan fingerprint density at radius 2 is 1.91 bits per heavy atom. The summed E-state index contributed by atoms with van der Waals surface area (Å²) in [5.41, 5.74) is 0. The first-order chi connectivity index (χ1) is 10.6. The van der Waals surface area contributed by atoms with Gasteiger partial charge in [-0.05, 0) is 31.9 Å². The predicted molar refractivity (Wildman–Crippen MR) is 91.9 cm³/mol. The molecule has 0 spiro atoms. The lowest BCUT2D eigenvalue weighted by atomic mass is 9.93. The number of carbonyl (C=O) groups excluding carboxylic acids is 2. The highest BCUT2D eigenvalue weighted by Gasteiger charge is 2.30. The van der Waals surface area contributed by atoms with Gasteiger partial charge in [-0.1, -0.05) is 26.2 Å². The molecule has 126 valence electrons. The average molecular weight is 327 g/mol. The van der Waals surface area contributed by atoms with Gasteiger partial charge < -0.3 is 10.2 Å². The van der Waals surface area contributed by atoms with E-state index in [0.29, 0.717) is 24.3 Å². The van der Waals surface area contributed by atoms with Gasteiger partial charge in [-0.3, -0.25) is 9.59 Å². The molecular weight excluding hydrogens is 296 g/mol. The molecular formula is C17H30N2O2S. The zero-order valence-electron chi connectivity index (χ0n) is 14.0. The average Bonchev–Trinajstić information content (AvgIpc) is 2.55. The van der Waals surface area contributed by atoms with Crippen LogP contribution >= 0.6 is 11.8 Å². The van der Waals surface area contributed by atoms with Crippen LogP contribution in [0.1, 0.15) is 58.3 Å². The van der Waals surface area contributed by atoms with Crippen LogP contribution in [-0.4, -0.2) is 47.4 Å². The molecule has 0 aromatic rings. The fourth-order valence-electron chi connectivity index (χ4n) is 3.44. The first-order valence-corrected chi connectivity index (χ1v) is 10.00. The largest absolute Gasteiger partial charge is 0.353 e. The van der Waals surface area contributed by atoms with Crippen LogP contribution < -0.4 is 5.32 Å². The lowest BCUT2D eigenvalue weighted by Gasteiger charge is -2.34. The molecule has 22 heavy (non-hydrogen) atoms. The molecule has 1 aliphatic heterocycles. The molecule has 0 unspecified atom stereocenters. The maximum Gasteiger partial charge on any atom is 0.225 e. The minimum absolute atomic E-state index is 0.00999. The Balaban J connectivity index is 1.81. The maximum absolute atomic E-state index is 12.5. The van der Waals surface area contributed by atoms with E-state index in [-0.39, 0.29) is 17.7 Å². The summed E-state index contributed by atoms with van der Waals surface area (Å²) in [6.45, 7) is 3.51. The van der Waals surface area contributed by atoms with E-state index in [1.807, 2.05) is 11.2 Å². The fourth-order valence-corrected chi connectivity index (χ4v) is 3.75. The third-order valence-corrected chi connectivity index (χ3v) is 5.93. The van der Waals surface area contributed by atoms with E-state index < -0.39 is 0 Å². The predicted octanol–water partition coefficient (Wildman–Crippen LogP) is 2.82. The van der Waals surface area contributed by atoms with Crippen molar-refractivity contribution < 1.29 is 9.59 Å². The quantitative estimate of drug-likeness (QED) is 0.845. The summed E-state index contributed by atoms with van der Waals surface area (Å²) in [5.74, 6) is 0.364. The highest BCUT2D eigenvalue weighted by molar-refractivity contribution is 7.99. The molecule has 2 aliphatic rings. The highest BCUT2D eigenvalue weighted by Crippen LogP contribution is 2.22. The molecule has 0 bridgehead atoms. The van der Waals surface area contributed by atoms with Gasteiger partial charge in [0.2, 0.25) is 11.8 Å². The molecule has 1 heterocycles. The van der Waals surface area contributed by atoms with Crippen LogP contribution in [-0.2, 0) is 9.59 Å². The van der Waals surface area contributed by atoms with E-state index in [1.165, 1.54) is 19.3 Å². The van der Waals surface area contributed by atoms with E-state index in [1.54, 1.807) is 11.8 Å². The molecule has 1 saturated carbocycles. The summed E-state index contributed by atoms with van der Waals surface area (Å²) in [5, 5.41) is 3.57. The van der Waals surface area contributed by atoms with Gasteiger partial charge in [-0.25, -0.2) is 0 Å². The van der Waals surface area contributed by atoms with Crippen molar-refractivity contribution in [1.82, 2.24) is 10.2 Å². The van der Waals surface area contributed by atoms with Crippen LogP contribution in [0.4, 0.5) is 0 Å². The van der Waals surface area contributed by atoms with Crippen LogP contribution in [0.5, 0.6) is 0 Å². The third kappa shape index (κ3) is 5.18. The van der Waals surface area contributed by atoms with Gasteiger partial charge in [0.05, 0.1) is 5.92 Å². The van der Waals surface area contributed by atoms with Crippen LogP contribution in [0.15, 0.2) is 0 Å². The van der Waals surface area contributed by atoms with E-state index >= 15 is 0 Å². The second kappa shape index (κ2) is 8.80. The summed E-state index contributed by atoms with van der Waals surface area (Å²) in [7, 11) is 0. The molecule has 0 aromatic heterocycles. The molecule has 2 atom stereocenters. The number of rotatable bonds is 5. The number of amides is 2. The lowest BCUT2D eigenvalue weighted by Crippen LogP contribution is -2.48. The zero-order valence-corrected chi connectivity index (χ0v) is 14.8. The SMILES string of the molecule is CS[C@H](C)CC(=O)N1CCC[C@@H](C(=O)NC2CCCCC2)C1. The van der Waals surface area contributed by atoms with Crippen molar-refractivity contribution in [3.63, 3.8) is 0 Å². The van der Waals surface area contributed by atoms with Crippen molar-refractivity contribution in [2.45, 2.75) is 69.6 Å². The molecule has 0 aromatic carbocycles. The molecule has 1 saturated heterocycles. The number of piperidine rings is 1. The third-order valence-electron chi connectivity index (χ3n) is 4.96.